The Kier molecular flexibility index (Phi) is 6.72. The predicted octanol–water partition coefficient (Wildman–Crippen LogP) is 1.74. The molecule has 26 heavy (non-hydrogen) atoms. The van der Waals surface area contributed by atoms with E-state index in [4.69, 9.17) is 18.6 Å². The Morgan fingerprint density at radius 3 is 2.27 bits per heavy atom. The standard InChI is InChI=1S/C17H21N3O6/c1-23-13-7-11(8-14(24-2)16(13)25-3)20-17(22)19-10-15(21)18-9-12-5-4-6-26-12/h4-8H,9-10H2,1-3H3,(H,18,21)(H2,19,20,22). The molecule has 3 amide bonds. The molecular formula is C17H21N3O6. The molecule has 9 heteroatoms. The summed E-state index contributed by atoms with van der Waals surface area (Å²) in [5.41, 5.74) is 0.424. The number of rotatable bonds is 8. The maximum atomic E-state index is 12.0. The number of ether oxygens (including phenoxy) is 3. The minimum atomic E-state index is -0.549. The van der Waals surface area contributed by atoms with Crippen LogP contribution in [0.3, 0.4) is 0 Å². The summed E-state index contributed by atoms with van der Waals surface area (Å²) < 4.78 is 20.8. The molecule has 0 aliphatic rings. The number of hydrogen-bond donors (Lipinski definition) is 3. The molecule has 0 fully saturated rings. The fourth-order valence-electron chi connectivity index (χ4n) is 2.15. The van der Waals surface area contributed by atoms with Gasteiger partial charge in [0.15, 0.2) is 11.5 Å². The molecule has 0 saturated carbocycles. The van der Waals surface area contributed by atoms with Crippen LogP contribution >= 0.6 is 0 Å². The van der Waals surface area contributed by atoms with Crippen LogP contribution in [0.2, 0.25) is 0 Å². The molecule has 0 bridgehead atoms. The molecule has 1 aromatic heterocycles. The molecule has 0 aliphatic carbocycles. The van der Waals surface area contributed by atoms with Crippen molar-refractivity contribution in [1.29, 1.82) is 0 Å². The molecule has 140 valence electrons. The first kappa shape index (κ1) is 19.0. The lowest BCUT2D eigenvalue weighted by Gasteiger charge is -2.14. The van der Waals surface area contributed by atoms with Crippen LogP contribution in [0.15, 0.2) is 34.9 Å². The third-order valence-corrected chi connectivity index (χ3v) is 3.37. The third kappa shape index (κ3) is 5.07. The maximum Gasteiger partial charge on any atom is 0.319 e. The lowest BCUT2D eigenvalue weighted by atomic mass is 10.2. The minimum Gasteiger partial charge on any atom is -0.493 e. The Morgan fingerprint density at radius 1 is 1.04 bits per heavy atom. The fraction of sp³-hybridized carbons (Fsp3) is 0.294. The first-order valence-corrected chi connectivity index (χ1v) is 7.71. The van der Waals surface area contributed by atoms with Gasteiger partial charge in [-0.3, -0.25) is 4.79 Å². The fourth-order valence-corrected chi connectivity index (χ4v) is 2.15. The van der Waals surface area contributed by atoms with E-state index in [9.17, 15) is 9.59 Å². The monoisotopic (exact) mass is 363 g/mol. The number of amides is 3. The van der Waals surface area contributed by atoms with Crippen molar-refractivity contribution in [3.8, 4) is 17.2 Å². The Labute approximate surface area is 150 Å². The average molecular weight is 363 g/mol. The Morgan fingerprint density at radius 2 is 1.73 bits per heavy atom. The number of anilines is 1. The van der Waals surface area contributed by atoms with E-state index in [0.717, 1.165) is 0 Å². The Bertz CT molecular complexity index is 720. The van der Waals surface area contributed by atoms with E-state index in [1.54, 1.807) is 24.3 Å². The number of benzene rings is 1. The quantitative estimate of drug-likeness (QED) is 0.659. The zero-order valence-corrected chi connectivity index (χ0v) is 14.8. The molecule has 3 N–H and O–H groups in total. The molecule has 0 atom stereocenters. The zero-order valence-electron chi connectivity index (χ0n) is 14.8. The molecule has 1 heterocycles. The number of hydrogen-bond acceptors (Lipinski definition) is 6. The van der Waals surface area contributed by atoms with Gasteiger partial charge in [-0.25, -0.2) is 4.79 Å². The summed E-state index contributed by atoms with van der Waals surface area (Å²) in [5.74, 6) is 1.50. The summed E-state index contributed by atoms with van der Waals surface area (Å²) in [4.78, 5) is 23.7. The SMILES string of the molecule is COc1cc(NC(=O)NCC(=O)NCc2ccco2)cc(OC)c1OC. The number of methoxy groups -OCH3 is 3. The van der Waals surface area contributed by atoms with Gasteiger partial charge in [0.05, 0.1) is 46.4 Å². The first-order chi connectivity index (χ1) is 12.6. The largest absolute Gasteiger partial charge is 0.493 e. The van der Waals surface area contributed by atoms with E-state index in [1.807, 2.05) is 0 Å². The van der Waals surface area contributed by atoms with Crippen LogP contribution in [0.5, 0.6) is 17.2 Å². The normalized spacial score (nSPS) is 9.96. The predicted molar refractivity (Wildman–Crippen MR) is 93.7 cm³/mol. The van der Waals surface area contributed by atoms with Crippen LogP contribution in [-0.4, -0.2) is 39.8 Å². The molecule has 2 rings (SSSR count). The summed E-state index contributed by atoms with van der Waals surface area (Å²) in [5, 5.41) is 7.69. The van der Waals surface area contributed by atoms with Crippen molar-refractivity contribution in [3.05, 3.63) is 36.3 Å². The van der Waals surface area contributed by atoms with Gasteiger partial charge in [0.1, 0.15) is 5.76 Å². The second kappa shape index (κ2) is 9.21. The highest BCUT2D eigenvalue weighted by molar-refractivity contribution is 5.92. The van der Waals surface area contributed by atoms with Crippen molar-refractivity contribution < 1.29 is 28.2 Å². The van der Waals surface area contributed by atoms with Gasteiger partial charge in [0, 0.05) is 12.1 Å². The van der Waals surface area contributed by atoms with Crippen molar-refractivity contribution in [2.45, 2.75) is 6.54 Å². The molecule has 9 nitrogen and oxygen atoms in total. The van der Waals surface area contributed by atoms with Crippen LogP contribution in [-0.2, 0) is 11.3 Å². The highest BCUT2D eigenvalue weighted by Gasteiger charge is 2.14. The van der Waals surface area contributed by atoms with Crippen LogP contribution in [0.1, 0.15) is 5.76 Å². The van der Waals surface area contributed by atoms with Gasteiger partial charge >= 0.3 is 6.03 Å². The highest BCUT2D eigenvalue weighted by Crippen LogP contribution is 2.39. The Balaban J connectivity index is 1.87. The van der Waals surface area contributed by atoms with E-state index in [1.165, 1.54) is 27.6 Å². The molecule has 0 radical (unpaired) electrons. The summed E-state index contributed by atoms with van der Waals surface area (Å²) in [6.45, 7) is 0.0684. The van der Waals surface area contributed by atoms with Crippen LogP contribution < -0.4 is 30.2 Å². The third-order valence-electron chi connectivity index (χ3n) is 3.37. The Hall–Kier alpha value is -3.36. The lowest BCUT2D eigenvalue weighted by molar-refractivity contribution is -0.120. The molecular weight excluding hydrogens is 342 g/mol. The molecule has 0 unspecified atom stereocenters. The maximum absolute atomic E-state index is 12.0. The van der Waals surface area contributed by atoms with Gasteiger partial charge in [-0.05, 0) is 12.1 Å². The number of urea groups is 1. The summed E-state index contributed by atoms with van der Waals surface area (Å²) in [6.07, 6.45) is 1.52. The van der Waals surface area contributed by atoms with Gasteiger partial charge in [0.25, 0.3) is 0 Å². The first-order valence-electron chi connectivity index (χ1n) is 7.71. The summed E-state index contributed by atoms with van der Waals surface area (Å²) >= 11 is 0. The number of nitrogens with one attached hydrogen (secondary N) is 3. The van der Waals surface area contributed by atoms with Gasteiger partial charge < -0.3 is 34.6 Å². The van der Waals surface area contributed by atoms with E-state index in [2.05, 4.69) is 16.0 Å². The second-order valence-corrected chi connectivity index (χ2v) is 5.08. The van der Waals surface area contributed by atoms with Crippen molar-refractivity contribution in [2.24, 2.45) is 0 Å². The second-order valence-electron chi connectivity index (χ2n) is 5.08. The van der Waals surface area contributed by atoms with Crippen LogP contribution in [0.4, 0.5) is 10.5 Å². The van der Waals surface area contributed by atoms with Crippen molar-refractivity contribution in [3.63, 3.8) is 0 Å². The van der Waals surface area contributed by atoms with Gasteiger partial charge in [-0.2, -0.15) is 0 Å². The average Bonchev–Trinajstić information content (AvgIpc) is 3.17. The molecule has 2 aromatic rings. The van der Waals surface area contributed by atoms with Crippen LogP contribution in [0.25, 0.3) is 0 Å². The van der Waals surface area contributed by atoms with Gasteiger partial charge in [0.2, 0.25) is 11.7 Å². The molecule has 0 aliphatic heterocycles. The van der Waals surface area contributed by atoms with E-state index >= 15 is 0 Å². The van der Waals surface area contributed by atoms with Crippen molar-refractivity contribution in [1.82, 2.24) is 10.6 Å². The summed E-state index contributed by atoms with van der Waals surface area (Å²) in [7, 11) is 4.44. The van der Waals surface area contributed by atoms with E-state index in [-0.39, 0.29) is 19.0 Å². The molecule has 0 saturated heterocycles. The lowest BCUT2D eigenvalue weighted by Crippen LogP contribution is -2.38. The van der Waals surface area contributed by atoms with Crippen molar-refractivity contribution in [2.75, 3.05) is 33.2 Å². The smallest absolute Gasteiger partial charge is 0.319 e. The molecule has 1 aromatic carbocycles. The van der Waals surface area contributed by atoms with E-state index in [0.29, 0.717) is 28.7 Å². The van der Waals surface area contributed by atoms with Crippen molar-refractivity contribution >= 4 is 17.6 Å². The van der Waals surface area contributed by atoms with Crippen LogP contribution in [0, 0.1) is 0 Å². The highest BCUT2D eigenvalue weighted by atomic mass is 16.5. The van der Waals surface area contributed by atoms with Gasteiger partial charge in [-0.1, -0.05) is 0 Å². The topological polar surface area (TPSA) is 111 Å². The summed E-state index contributed by atoms with van der Waals surface area (Å²) in [6, 6.07) is 6.08. The number of carbonyl (C=O) groups is 2. The molecule has 0 spiro atoms. The zero-order chi connectivity index (χ0) is 18.9. The minimum absolute atomic E-state index is 0.184. The number of carbonyl (C=O) groups excluding carboxylic acids is 2. The van der Waals surface area contributed by atoms with E-state index < -0.39 is 6.03 Å². The van der Waals surface area contributed by atoms with Gasteiger partial charge in [-0.15, -0.1) is 0 Å². The number of furan rings is 1.